The molecule has 2 N–H and O–H groups in total. The smallest absolute Gasteiger partial charge is 0.242 e. The van der Waals surface area contributed by atoms with Crippen molar-refractivity contribution >= 4 is 23.6 Å². The highest BCUT2D eigenvalue weighted by Gasteiger charge is 2.33. The molecule has 0 radical (unpaired) electrons. The minimum Gasteiger partial charge on any atom is -0.392 e. The zero-order chi connectivity index (χ0) is 18.8. The lowest BCUT2D eigenvalue weighted by atomic mass is 9.84. The Morgan fingerprint density at radius 1 is 1.28 bits per heavy atom. The third-order valence-electron chi connectivity index (χ3n) is 4.18. The van der Waals surface area contributed by atoms with Gasteiger partial charge in [0.15, 0.2) is 0 Å². The monoisotopic (exact) mass is 366 g/mol. The average molecular weight is 366 g/mol. The van der Waals surface area contributed by atoms with Gasteiger partial charge >= 0.3 is 0 Å². The quantitative estimate of drug-likeness (QED) is 0.756. The van der Waals surface area contributed by atoms with Gasteiger partial charge in [0, 0.05) is 16.4 Å². The van der Waals surface area contributed by atoms with E-state index in [1.54, 1.807) is 39.0 Å². The Balaban J connectivity index is 2.08. The summed E-state index contributed by atoms with van der Waals surface area (Å²) in [5, 5.41) is 16.5. The number of nitrogens with zero attached hydrogens (tertiary/aromatic N) is 1. The Labute approximate surface area is 151 Å². The van der Waals surface area contributed by atoms with Gasteiger partial charge in [0.25, 0.3) is 0 Å². The Kier molecular flexibility index (Phi) is 5.58. The van der Waals surface area contributed by atoms with Crippen molar-refractivity contribution in [2.75, 3.05) is 5.32 Å². The number of hydrogen-bond donors (Lipinski definition) is 2. The molecule has 5 nitrogen and oxygen atoms in total. The summed E-state index contributed by atoms with van der Waals surface area (Å²) in [4.78, 5) is 13.3. The number of aromatic nitrogens is 1. The first-order chi connectivity index (χ1) is 11.5. The molecule has 1 unspecified atom stereocenters. The van der Waals surface area contributed by atoms with Crippen molar-refractivity contribution in [1.82, 2.24) is 5.16 Å². The summed E-state index contributed by atoms with van der Waals surface area (Å²) in [5.41, 5.74) is -0.0352. The number of thioether (sulfide) groups is 1. The number of anilines is 1. The van der Waals surface area contributed by atoms with Crippen molar-refractivity contribution in [1.29, 1.82) is 0 Å². The van der Waals surface area contributed by atoms with E-state index in [0.29, 0.717) is 5.69 Å². The zero-order valence-corrected chi connectivity index (χ0v) is 15.8. The fourth-order valence-corrected chi connectivity index (χ4v) is 2.96. The maximum absolute atomic E-state index is 13.0. The highest BCUT2D eigenvalue weighted by Crippen LogP contribution is 2.34. The highest BCUT2D eigenvalue weighted by atomic mass is 32.2. The number of carbonyl (C=O) groups is 1. The maximum atomic E-state index is 13.0. The van der Waals surface area contributed by atoms with Crippen molar-refractivity contribution in [3.8, 4) is 0 Å². The Bertz CT molecular complexity index is 739. The first-order valence-corrected chi connectivity index (χ1v) is 8.75. The second-order valence-corrected chi connectivity index (χ2v) is 8.69. The molecule has 1 aromatic carbocycles. The molecule has 7 heteroatoms. The molecular weight excluding hydrogens is 343 g/mol. The van der Waals surface area contributed by atoms with Gasteiger partial charge in [-0.15, -0.1) is 11.8 Å². The number of benzene rings is 1. The first-order valence-electron chi connectivity index (χ1n) is 7.93. The van der Waals surface area contributed by atoms with Crippen molar-refractivity contribution in [3.05, 3.63) is 41.8 Å². The molecular formula is C18H23FN2O3S. The van der Waals surface area contributed by atoms with E-state index in [0.717, 1.165) is 4.90 Å². The molecule has 136 valence electrons. The summed E-state index contributed by atoms with van der Waals surface area (Å²) in [6.07, 6.45) is -0.619. The number of aliphatic hydroxyl groups excluding tert-OH is 1. The largest absolute Gasteiger partial charge is 0.392 e. The number of aliphatic hydroxyl groups is 1. The van der Waals surface area contributed by atoms with Crippen LogP contribution in [0.5, 0.6) is 0 Å². The minimum absolute atomic E-state index is 0.224. The standard InChI is InChI=1S/C18H23FN2O3S/c1-11(22)17(2,3)14-10-15(24-21-14)20-16(23)18(4,5)25-13-8-6-12(19)7-9-13/h6-11,22H,1-5H3,(H,20,23). The maximum Gasteiger partial charge on any atom is 0.242 e. The van der Waals surface area contributed by atoms with Gasteiger partial charge in [-0.1, -0.05) is 19.0 Å². The molecule has 1 amide bonds. The van der Waals surface area contributed by atoms with Crippen LogP contribution in [-0.2, 0) is 10.2 Å². The SMILES string of the molecule is CC(O)C(C)(C)c1cc(NC(=O)C(C)(C)Sc2ccc(F)cc2)on1. The van der Waals surface area contributed by atoms with E-state index in [4.69, 9.17) is 4.52 Å². The minimum atomic E-state index is -0.801. The van der Waals surface area contributed by atoms with Crippen LogP contribution < -0.4 is 5.32 Å². The molecule has 1 aromatic heterocycles. The molecule has 0 aliphatic heterocycles. The van der Waals surface area contributed by atoms with Crippen molar-refractivity contribution < 1.29 is 18.8 Å². The number of nitrogens with one attached hydrogen (secondary N) is 1. The second-order valence-electron chi connectivity index (χ2n) is 6.99. The van der Waals surface area contributed by atoms with Crippen LogP contribution in [-0.4, -0.2) is 27.0 Å². The number of carbonyl (C=O) groups excluding carboxylic acids is 1. The molecule has 0 aliphatic carbocycles. The number of halogens is 1. The molecule has 2 aromatic rings. The van der Waals surface area contributed by atoms with E-state index in [9.17, 15) is 14.3 Å². The Hall–Kier alpha value is -1.86. The summed E-state index contributed by atoms with van der Waals surface area (Å²) in [6, 6.07) is 7.59. The van der Waals surface area contributed by atoms with Crippen molar-refractivity contribution in [3.63, 3.8) is 0 Å². The fraction of sp³-hybridized carbons (Fsp3) is 0.444. The average Bonchev–Trinajstić information content (AvgIpc) is 2.98. The van der Waals surface area contributed by atoms with Crippen LogP contribution in [0.1, 0.15) is 40.3 Å². The number of amides is 1. The second kappa shape index (κ2) is 7.17. The summed E-state index contributed by atoms with van der Waals surface area (Å²) >= 11 is 1.32. The van der Waals surface area contributed by atoms with Crippen LogP contribution in [0.4, 0.5) is 10.3 Å². The van der Waals surface area contributed by atoms with Crippen molar-refractivity contribution in [2.45, 2.75) is 55.8 Å². The van der Waals surface area contributed by atoms with Crippen LogP contribution >= 0.6 is 11.8 Å². The van der Waals surface area contributed by atoms with Gasteiger partial charge in [-0.3, -0.25) is 10.1 Å². The fourth-order valence-electron chi connectivity index (χ4n) is 1.96. The van der Waals surface area contributed by atoms with Gasteiger partial charge in [0.2, 0.25) is 11.8 Å². The van der Waals surface area contributed by atoms with Crippen LogP contribution in [0.25, 0.3) is 0 Å². The molecule has 0 bridgehead atoms. The Morgan fingerprint density at radius 2 is 1.88 bits per heavy atom. The molecule has 0 aliphatic rings. The van der Waals surface area contributed by atoms with Gasteiger partial charge in [0.05, 0.1) is 16.5 Å². The third kappa shape index (κ3) is 4.61. The molecule has 1 atom stereocenters. The van der Waals surface area contributed by atoms with E-state index in [1.807, 2.05) is 13.8 Å². The lowest BCUT2D eigenvalue weighted by molar-refractivity contribution is -0.117. The van der Waals surface area contributed by atoms with Crippen LogP contribution in [0, 0.1) is 5.82 Å². The molecule has 0 saturated heterocycles. The molecule has 0 saturated carbocycles. The number of hydrogen-bond acceptors (Lipinski definition) is 5. The molecule has 0 spiro atoms. The van der Waals surface area contributed by atoms with E-state index in [-0.39, 0.29) is 17.6 Å². The van der Waals surface area contributed by atoms with E-state index >= 15 is 0 Å². The van der Waals surface area contributed by atoms with Crippen molar-refractivity contribution in [2.24, 2.45) is 0 Å². The predicted octanol–water partition coefficient (Wildman–Crippen LogP) is 3.98. The lowest BCUT2D eigenvalue weighted by Crippen LogP contribution is -2.34. The van der Waals surface area contributed by atoms with E-state index < -0.39 is 16.3 Å². The lowest BCUT2D eigenvalue weighted by Gasteiger charge is -2.24. The summed E-state index contributed by atoms with van der Waals surface area (Å²) in [6.45, 7) is 8.90. The molecule has 0 fully saturated rings. The molecule has 25 heavy (non-hydrogen) atoms. The topological polar surface area (TPSA) is 75.4 Å². The molecule has 1 heterocycles. The van der Waals surface area contributed by atoms with E-state index in [1.165, 1.54) is 23.9 Å². The summed E-state index contributed by atoms with van der Waals surface area (Å²) in [7, 11) is 0. The zero-order valence-electron chi connectivity index (χ0n) is 15.0. The van der Waals surface area contributed by atoms with Crippen LogP contribution in [0.3, 0.4) is 0 Å². The normalized spacial score (nSPS) is 13.6. The third-order valence-corrected chi connectivity index (χ3v) is 5.39. The predicted molar refractivity (Wildman–Crippen MR) is 96.2 cm³/mol. The summed E-state index contributed by atoms with van der Waals surface area (Å²) in [5.74, 6) is -0.359. The van der Waals surface area contributed by atoms with Crippen LogP contribution in [0.15, 0.2) is 39.8 Å². The Morgan fingerprint density at radius 3 is 2.44 bits per heavy atom. The molecule has 2 rings (SSSR count). The van der Waals surface area contributed by atoms with Gasteiger partial charge in [0.1, 0.15) is 5.82 Å². The van der Waals surface area contributed by atoms with Crippen LogP contribution in [0.2, 0.25) is 0 Å². The number of rotatable bonds is 6. The van der Waals surface area contributed by atoms with Gasteiger partial charge in [-0.05, 0) is 45.0 Å². The van der Waals surface area contributed by atoms with Gasteiger partial charge in [-0.2, -0.15) is 0 Å². The van der Waals surface area contributed by atoms with E-state index in [2.05, 4.69) is 10.5 Å². The van der Waals surface area contributed by atoms with Gasteiger partial charge in [-0.25, -0.2) is 4.39 Å². The summed E-state index contributed by atoms with van der Waals surface area (Å²) < 4.78 is 17.4. The highest BCUT2D eigenvalue weighted by molar-refractivity contribution is 8.01. The van der Waals surface area contributed by atoms with Gasteiger partial charge < -0.3 is 9.63 Å². The first kappa shape index (κ1) is 19.5.